The van der Waals surface area contributed by atoms with Crippen molar-refractivity contribution in [1.82, 2.24) is 4.90 Å². The van der Waals surface area contributed by atoms with Crippen LogP contribution in [0.3, 0.4) is 0 Å². The highest BCUT2D eigenvalue weighted by Gasteiger charge is 2.28. The van der Waals surface area contributed by atoms with Crippen LogP contribution in [0.2, 0.25) is 10.0 Å². The lowest BCUT2D eigenvalue weighted by molar-refractivity contribution is 0.0742. The second-order valence-electron chi connectivity index (χ2n) is 6.69. The number of amides is 1. The van der Waals surface area contributed by atoms with E-state index in [1.165, 1.54) is 10.6 Å². The predicted octanol–water partition coefficient (Wildman–Crippen LogP) is 4.15. The number of benzene rings is 2. The van der Waals surface area contributed by atoms with Crippen LogP contribution in [0.1, 0.15) is 34.5 Å². The zero-order valence-electron chi connectivity index (χ0n) is 15.2. The summed E-state index contributed by atoms with van der Waals surface area (Å²) in [5.74, 6) is -0.158. The molecule has 0 saturated carbocycles. The summed E-state index contributed by atoms with van der Waals surface area (Å²) in [7, 11) is -1.59. The normalized spacial score (nSPS) is 14.8. The fourth-order valence-electron chi connectivity index (χ4n) is 3.28. The fraction of sp³-hybridized carbons (Fsp3) is 0.316. The highest BCUT2D eigenvalue weighted by Crippen LogP contribution is 2.33. The summed E-state index contributed by atoms with van der Waals surface area (Å²) in [4.78, 5) is 14.6. The van der Waals surface area contributed by atoms with Crippen LogP contribution in [0.4, 0.5) is 5.69 Å². The zero-order chi connectivity index (χ0) is 19.9. The lowest BCUT2D eigenvalue weighted by Gasteiger charge is -2.26. The molecule has 0 fully saturated rings. The molecule has 2 aromatic carbocycles. The first-order chi connectivity index (χ1) is 12.6. The average molecular weight is 427 g/mol. The van der Waals surface area contributed by atoms with Crippen molar-refractivity contribution in [2.75, 3.05) is 24.2 Å². The molecule has 0 bridgehead atoms. The van der Waals surface area contributed by atoms with Crippen LogP contribution in [-0.4, -0.2) is 39.1 Å². The SMILES string of the molecule is CC(c1ccc(Cl)cc1Cl)N(C)C(=O)c1ccc2c(c1)CCN2S(C)(=O)=O. The molecule has 1 aliphatic rings. The first-order valence-corrected chi connectivity index (χ1v) is 11.0. The molecule has 1 aliphatic heterocycles. The van der Waals surface area contributed by atoms with Gasteiger partial charge in [-0.25, -0.2) is 8.42 Å². The number of fused-ring (bicyclic) bond motifs is 1. The molecule has 0 aliphatic carbocycles. The fourth-order valence-corrected chi connectivity index (χ4v) is 4.80. The number of sulfonamides is 1. The summed E-state index contributed by atoms with van der Waals surface area (Å²) in [5, 5.41) is 1.05. The van der Waals surface area contributed by atoms with Crippen LogP contribution < -0.4 is 4.31 Å². The van der Waals surface area contributed by atoms with Gasteiger partial charge in [-0.05, 0) is 54.8 Å². The van der Waals surface area contributed by atoms with Crippen molar-refractivity contribution in [2.45, 2.75) is 19.4 Å². The Labute approximate surface area is 169 Å². The van der Waals surface area contributed by atoms with Crippen LogP contribution in [0, 0.1) is 0 Å². The summed E-state index contributed by atoms with van der Waals surface area (Å²) in [6.07, 6.45) is 1.78. The lowest BCUT2D eigenvalue weighted by atomic mass is 10.0. The molecule has 1 amide bonds. The molecule has 0 aromatic heterocycles. The largest absolute Gasteiger partial charge is 0.335 e. The van der Waals surface area contributed by atoms with Crippen LogP contribution in [0.5, 0.6) is 0 Å². The van der Waals surface area contributed by atoms with Gasteiger partial charge in [0.25, 0.3) is 5.91 Å². The summed E-state index contributed by atoms with van der Waals surface area (Å²) in [6.45, 7) is 2.30. The van der Waals surface area contributed by atoms with Crippen molar-refractivity contribution < 1.29 is 13.2 Å². The Morgan fingerprint density at radius 3 is 2.52 bits per heavy atom. The van der Waals surface area contributed by atoms with Gasteiger partial charge in [-0.2, -0.15) is 0 Å². The number of nitrogens with zero attached hydrogens (tertiary/aromatic N) is 2. The van der Waals surface area contributed by atoms with Crippen LogP contribution >= 0.6 is 23.2 Å². The van der Waals surface area contributed by atoms with E-state index in [2.05, 4.69) is 0 Å². The first kappa shape index (κ1) is 20.0. The highest BCUT2D eigenvalue weighted by atomic mass is 35.5. The van der Waals surface area contributed by atoms with E-state index in [4.69, 9.17) is 23.2 Å². The van der Waals surface area contributed by atoms with E-state index in [1.54, 1.807) is 42.3 Å². The third-order valence-electron chi connectivity index (χ3n) is 4.89. The number of carbonyl (C=O) groups is 1. The second kappa shape index (κ2) is 7.34. The van der Waals surface area contributed by atoms with Gasteiger partial charge in [0.05, 0.1) is 18.0 Å². The number of hydrogen-bond acceptors (Lipinski definition) is 3. The van der Waals surface area contributed by atoms with Gasteiger partial charge in [0.15, 0.2) is 0 Å². The third kappa shape index (κ3) is 3.93. The summed E-state index contributed by atoms with van der Waals surface area (Å²) in [5.41, 5.74) is 2.83. The Bertz CT molecular complexity index is 1010. The first-order valence-electron chi connectivity index (χ1n) is 8.42. The molecule has 0 N–H and O–H groups in total. The zero-order valence-corrected chi connectivity index (χ0v) is 17.6. The topological polar surface area (TPSA) is 57.7 Å². The Hall–Kier alpha value is -1.76. The standard InChI is InChI=1S/C19H20Cl2N2O3S/c1-12(16-6-5-15(20)11-17(16)21)22(2)19(24)14-4-7-18-13(10-14)8-9-23(18)27(3,25)26/h4-7,10-12H,8-9H2,1-3H3. The molecule has 0 saturated heterocycles. The van der Waals surface area contributed by atoms with Gasteiger partial charge in [-0.1, -0.05) is 29.3 Å². The second-order valence-corrected chi connectivity index (χ2v) is 9.44. The lowest BCUT2D eigenvalue weighted by Crippen LogP contribution is -2.30. The van der Waals surface area contributed by atoms with Crippen molar-refractivity contribution in [3.63, 3.8) is 0 Å². The van der Waals surface area contributed by atoms with E-state index in [1.807, 2.05) is 13.0 Å². The van der Waals surface area contributed by atoms with Gasteiger partial charge in [0.1, 0.15) is 0 Å². The molecule has 2 aromatic rings. The number of halogens is 2. The number of hydrogen-bond donors (Lipinski definition) is 0. The van der Waals surface area contributed by atoms with Gasteiger partial charge in [-0.15, -0.1) is 0 Å². The summed E-state index contributed by atoms with van der Waals surface area (Å²) < 4.78 is 25.1. The molecule has 144 valence electrons. The van der Waals surface area contributed by atoms with E-state index in [-0.39, 0.29) is 11.9 Å². The van der Waals surface area contributed by atoms with Crippen molar-refractivity contribution >= 4 is 44.8 Å². The van der Waals surface area contributed by atoms with Crippen molar-refractivity contribution in [1.29, 1.82) is 0 Å². The molecule has 1 unspecified atom stereocenters. The summed E-state index contributed by atoms with van der Waals surface area (Å²) >= 11 is 12.2. The quantitative estimate of drug-likeness (QED) is 0.737. The molecule has 0 radical (unpaired) electrons. The minimum atomic E-state index is -3.31. The van der Waals surface area contributed by atoms with E-state index >= 15 is 0 Å². The molecule has 1 atom stereocenters. The van der Waals surface area contributed by atoms with Gasteiger partial charge < -0.3 is 4.90 Å². The van der Waals surface area contributed by atoms with Gasteiger partial charge in [0, 0.05) is 29.2 Å². The monoisotopic (exact) mass is 426 g/mol. The minimum Gasteiger partial charge on any atom is -0.335 e. The Morgan fingerprint density at radius 2 is 1.89 bits per heavy atom. The van der Waals surface area contributed by atoms with Gasteiger partial charge in [0.2, 0.25) is 10.0 Å². The molecule has 1 heterocycles. The third-order valence-corrected chi connectivity index (χ3v) is 6.64. The molecular weight excluding hydrogens is 407 g/mol. The Kier molecular flexibility index (Phi) is 5.43. The van der Waals surface area contributed by atoms with Crippen LogP contribution in [0.25, 0.3) is 0 Å². The Balaban J connectivity index is 1.86. The molecule has 5 nitrogen and oxygen atoms in total. The number of anilines is 1. The van der Waals surface area contributed by atoms with E-state index < -0.39 is 10.0 Å². The Morgan fingerprint density at radius 1 is 1.19 bits per heavy atom. The van der Waals surface area contributed by atoms with E-state index in [9.17, 15) is 13.2 Å². The van der Waals surface area contributed by atoms with Gasteiger partial charge >= 0.3 is 0 Å². The van der Waals surface area contributed by atoms with Crippen molar-refractivity contribution in [3.8, 4) is 0 Å². The molecular formula is C19H20Cl2N2O3S. The van der Waals surface area contributed by atoms with Crippen molar-refractivity contribution in [3.05, 3.63) is 63.1 Å². The van der Waals surface area contributed by atoms with E-state index in [0.29, 0.717) is 34.3 Å². The van der Waals surface area contributed by atoms with Gasteiger partial charge in [-0.3, -0.25) is 9.10 Å². The molecule has 0 spiro atoms. The van der Waals surface area contributed by atoms with Crippen LogP contribution in [-0.2, 0) is 16.4 Å². The molecule has 8 heteroatoms. The van der Waals surface area contributed by atoms with E-state index in [0.717, 1.165) is 11.1 Å². The number of carbonyl (C=O) groups excluding carboxylic acids is 1. The predicted molar refractivity (Wildman–Crippen MR) is 109 cm³/mol. The molecule has 27 heavy (non-hydrogen) atoms. The van der Waals surface area contributed by atoms with Crippen molar-refractivity contribution in [2.24, 2.45) is 0 Å². The summed E-state index contributed by atoms with van der Waals surface area (Å²) in [6, 6.07) is 10.1. The maximum atomic E-state index is 12.9. The highest BCUT2D eigenvalue weighted by molar-refractivity contribution is 7.92. The van der Waals surface area contributed by atoms with Crippen LogP contribution in [0.15, 0.2) is 36.4 Å². The minimum absolute atomic E-state index is 0.158. The maximum absolute atomic E-state index is 12.9. The average Bonchev–Trinajstić information content (AvgIpc) is 3.03. The maximum Gasteiger partial charge on any atom is 0.254 e. The molecule has 3 rings (SSSR count). The number of rotatable bonds is 4. The smallest absolute Gasteiger partial charge is 0.254 e.